The minimum Gasteiger partial charge on any atom is -0.318 e. The van der Waals surface area contributed by atoms with Gasteiger partial charge in [-0.15, -0.1) is 5.10 Å². The van der Waals surface area contributed by atoms with Crippen LogP contribution in [0.2, 0.25) is 0 Å². The lowest BCUT2D eigenvalue weighted by Crippen LogP contribution is -2.23. The highest BCUT2D eigenvalue weighted by Gasteiger charge is 2.26. The van der Waals surface area contributed by atoms with E-state index in [4.69, 9.17) is 0 Å². The summed E-state index contributed by atoms with van der Waals surface area (Å²) in [5, 5.41) is 16.8. The van der Waals surface area contributed by atoms with Gasteiger partial charge in [0.2, 0.25) is 5.16 Å². The molecule has 1 aliphatic rings. The molecule has 102 valence electrons. The SMILES string of the molecule is CNCCn1nnnc1SC1CCC(C)C(C)C1. The first-order valence-electron chi connectivity index (χ1n) is 6.78. The van der Waals surface area contributed by atoms with E-state index in [0.717, 1.165) is 30.1 Å². The summed E-state index contributed by atoms with van der Waals surface area (Å²) in [4.78, 5) is 0. The van der Waals surface area contributed by atoms with Crippen LogP contribution in [0.4, 0.5) is 0 Å². The Balaban J connectivity index is 1.91. The Labute approximate surface area is 113 Å². The molecule has 5 nitrogen and oxygen atoms in total. The molecule has 0 aliphatic heterocycles. The maximum Gasteiger partial charge on any atom is 0.209 e. The van der Waals surface area contributed by atoms with Crippen LogP contribution in [-0.4, -0.2) is 39.0 Å². The number of thioether (sulfide) groups is 1. The van der Waals surface area contributed by atoms with E-state index in [1.165, 1.54) is 19.3 Å². The lowest BCUT2D eigenvalue weighted by molar-refractivity contribution is 0.283. The first-order chi connectivity index (χ1) is 8.70. The quantitative estimate of drug-likeness (QED) is 0.883. The molecule has 1 aliphatic carbocycles. The molecule has 18 heavy (non-hydrogen) atoms. The third-order valence-electron chi connectivity index (χ3n) is 3.89. The van der Waals surface area contributed by atoms with Crippen LogP contribution in [0, 0.1) is 11.8 Å². The van der Waals surface area contributed by atoms with Gasteiger partial charge in [0.25, 0.3) is 0 Å². The molecule has 0 saturated heterocycles. The molecule has 1 aromatic rings. The van der Waals surface area contributed by atoms with Crippen LogP contribution in [0.25, 0.3) is 0 Å². The monoisotopic (exact) mass is 269 g/mol. The van der Waals surface area contributed by atoms with Crippen molar-refractivity contribution in [3.8, 4) is 0 Å². The zero-order valence-electron chi connectivity index (χ0n) is 11.5. The Morgan fingerprint density at radius 1 is 1.33 bits per heavy atom. The summed E-state index contributed by atoms with van der Waals surface area (Å²) in [6.07, 6.45) is 3.90. The fraction of sp³-hybridized carbons (Fsp3) is 0.917. The number of likely N-dealkylation sites (N-methyl/N-ethyl adjacent to an activating group) is 1. The minimum absolute atomic E-state index is 0.676. The zero-order valence-corrected chi connectivity index (χ0v) is 12.3. The van der Waals surface area contributed by atoms with Gasteiger partial charge >= 0.3 is 0 Å². The number of hydrogen-bond acceptors (Lipinski definition) is 5. The van der Waals surface area contributed by atoms with Crippen LogP contribution in [0.5, 0.6) is 0 Å². The van der Waals surface area contributed by atoms with Crippen LogP contribution in [-0.2, 0) is 6.54 Å². The van der Waals surface area contributed by atoms with Crippen LogP contribution in [0.1, 0.15) is 33.1 Å². The summed E-state index contributed by atoms with van der Waals surface area (Å²) in [6, 6.07) is 0. The summed E-state index contributed by atoms with van der Waals surface area (Å²) in [7, 11) is 1.95. The van der Waals surface area contributed by atoms with Gasteiger partial charge in [0.15, 0.2) is 0 Å². The zero-order chi connectivity index (χ0) is 13.0. The number of tetrazole rings is 1. The molecule has 2 rings (SSSR count). The highest BCUT2D eigenvalue weighted by atomic mass is 32.2. The van der Waals surface area contributed by atoms with Crippen LogP contribution < -0.4 is 5.32 Å². The molecule has 0 amide bonds. The van der Waals surface area contributed by atoms with Crippen molar-refractivity contribution in [2.45, 2.75) is 50.1 Å². The van der Waals surface area contributed by atoms with Crippen molar-refractivity contribution < 1.29 is 0 Å². The van der Waals surface area contributed by atoms with E-state index < -0.39 is 0 Å². The molecular formula is C12H23N5S. The molecular weight excluding hydrogens is 246 g/mol. The third-order valence-corrected chi connectivity index (χ3v) is 5.16. The Morgan fingerprint density at radius 2 is 2.17 bits per heavy atom. The fourth-order valence-electron chi connectivity index (χ4n) is 2.39. The average Bonchev–Trinajstić information content (AvgIpc) is 2.79. The number of nitrogens with zero attached hydrogens (tertiary/aromatic N) is 4. The van der Waals surface area contributed by atoms with Crippen molar-refractivity contribution in [2.24, 2.45) is 11.8 Å². The maximum absolute atomic E-state index is 4.14. The van der Waals surface area contributed by atoms with Gasteiger partial charge in [-0.1, -0.05) is 25.6 Å². The summed E-state index contributed by atoms with van der Waals surface area (Å²) in [6.45, 7) is 6.46. The van der Waals surface area contributed by atoms with E-state index in [2.05, 4.69) is 34.7 Å². The molecule has 0 radical (unpaired) electrons. The third kappa shape index (κ3) is 3.45. The van der Waals surface area contributed by atoms with Crippen LogP contribution >= 0.6 is 11.8 Å². The van der Waals surface area contributed by atoms with Gasteiger partial charge in [-0.05, 0) is 48.6 Å². The molecule has 1 saturated carbocycles. The first-order valence-corrected chi connectivity index (χ1v) is 7.66. The van der Waals surface area contributed by atoms with Crippen molar-refractivity contribution in [2.75, 3.05) is 13.6 Å². The standard InChI is InChI=1S/C12H23N5S/c1-9-4-5-11(8-10(9)2)18-12-14-15-16-17(12)7-6-13-3/h9-11,13H,4-8H2,1-3H3. The van der Waals surface area contributed by atoms with Gasteiger partial charge < -0.3 is 5.32 Å². The fourth-order valence-corrected chi connectivity index (χ4v) is 3.68. The van der Waals surface area contributed by atoms with Crippen molar-refractivity contribution >= 4 is 11.8 Å². The van der Waals surface area contributed by atoms with Crippen molar-refractivity contribution in [1.82, 2.24) is 25.5 Å². The molecule has 6 heteroatoms. The van der Waals surface area contributed by atoms with Gasteiger partial charge in [-0.25, -0.2) is 4.68 Å². The summed E-state index contributed by atoms with van der Waals surface area (Å²) in [5.74, 6) is 1.68. The van der Waals surface area contributed by atoms with Gasteiger partial charge in [-0.3, -0.25) is 0 Å². The number of hydrogen-bond donors (Lipinski definition) is 1. The highest BCUT2D eigenvalue weighted by Crippen LogP contribution is 2.37. The molecule has 0 spiro atoms. The smallest absolute Gasteiger partial charge is 0.209 e. The summed E-state index contributed by atoms with van der Waals surface area (Å²) >= 11 is 1.85. The molecule has 1 N–H and O–H groups in total. The van der Waals surface area contributed by atoms with E-state index in [1.807, 2.05) is 23.5 Å². The average molecular weight is 269 g/mol. The first kappa shape index (κ1) is 13.8. The molecule has 1 fully saturated rings. The molecule has 0 bridgehead atoms. The van der Waals surface area contributed by atoms with Crippen molar-refractivity contribution in [3.63, 3.8) is 0 Å². The van der Waals surface area contributed by atoms with E-state index in [1.54, 1.807) is 0 Å². The molecule has 0 aromatic carbocycles. The van der Waals surface area contributed by atoms with Gasteiger partial charge in [-0.2, -0.15) is 0 Å². The lowest BCUT2D eigenvalue weighted by Gasteiger charge is -2.31. The largest absolute Gasteiger partial charge is 0.318 e. The van der Waals surface area contributed by atoms with E-state index >= 15 is 0 Å². The number of aromatic nitrogens is 4. The molecule has 3 unspecified atom stereocenters. The van der Waals surface area contributed by atoms with Crippen LogP contribution in [0.15, 0.2) is 5.16 Å². The Bertz CT molecular complexity index is 367. The lowest BCUT2D eigenvalue weighted by atomic mass is 9.81. The predicted molar refractivity (Wildman–Crippen MR) is 73.6 cm³/mol. The number of nitrogens with one attached hydrogen (secondary N) is 1. The minimum atomic E-state index is 0.676. The van der Waals surface area contributed by atoms with Crippen molar-refractivity contribution in [1.29, 1.82) is 0 Å². The predicted octanol–water partition coefficient (Wildman–Crippen LogP) is 1.81. The Morgan fingerprint density at radius 3 is 2.89 bits per heavy atom. The second kappa shape index (κ2) is 6.52. The second-order valence-electron chi connectivity index (χ2n) is 5.30. The van der Waals surface area contributed by atoms with Gasteiger partial charge in [0, 0.05) is 11.8 Å². The van der Waals surface area contributed by atoms with Gasteiger partial charge in [0.05, 0.1) is 6.54 Å². The Kier molecular flexibility index (Phi) is 5.00. The second-order valence-corrected chi connectivity index (χ2v) is 6.56. The maximum atomic E-state index is 4.14. The molecule has 3 atom stereocenters. The van der Waals surface area contributed by atoms with E-state index in [9.17, 15) is 0 Å². The van der Waals surface area contributed by atoms with Crippen LogP contribution in [0.3, 0.4) is 0 Å². The summed E-state index contributed by atoms with van der Waals surface area (Å²) in [5.41, 5.74) is 0. The Hall–Kier alpha value is -0.620. The molecule has 1 heterocycles. The number of rotatable bonds is 5. The van der Waals surface area contributed by atoms with E-state index in [0.29, 0.717) is 5.25 Å². The normalized spacial score (nSPS) is 28.5. The summed E-state index contributed by atoms with van der Waals surface area (Å²) < 4.78 is 1.91. The topological polar surface area (TPSA) is 55.6 Å². The van der Waals surface area contributed by atoms with Gasteiger partial charge in [0.1, 0.15) is 0 Å². The molecule has 1 aromatic heterocycles. The van der Waals surface area contributed by atoms with Crippen molar-refractivity contribution in [3.05, 3.63) is 0 Å². The highest BCUT2D eigenvalue weighted by molar-refractivity contribution is 7.99. The van der Waals surface area contributed by atoms with E-state index in [-0.39, 0.29) is 0 Å².